The molecular weight excluding hydrogens is 398 g/mol. The summed E-state index contributed by atoms with van der Waals surface area (Å²) in [6.45, 7) is 1.73. The standard InChI is InChI=1S/C22H19N5O4/c1-13-25-11-17(27(13)19-8-4-5-9-24-19)22(30)26-16(20(28)21(23)29)10-14-12-31-18-7-3-2-6-15(14)18/h2-9,11-12,16H,10H2,1H3,(H2,23,29)(H,26,30). The first kappa shape index (κ1) is 20.0. The molecule has 31 heavy (non-hydrogen) atoms. The van der Waals surface area contributed by atoms with Crippen LogP contribution < -0.4 is 11.1 Å². The van der Waals surface area contributed by atoms with Crippen LogP contribution in [0.15, 0.2) is 65.5 Å². The highest BCUT2D eigenvalue weighted by Crippen LogP contribution is 2.22. The van der Waals surface area contributed by atoms with Crippen molar-refractivity contribution in [1.82, 2.24) is 19.9 Å². The molecule has 3 aromatic heterocycles. The summed E-state index contributed by atoms with van der Waals surface area (Å²) >= 11 is 0. The lowest BCUT2D eigenvalue weighted by molar-refractivity contribution is -0.137. The van der Waals surface area contributed by atoms with Gasteiger partial charge in [-0.05, 0) is 25.1 Å². The number of hydrogen-bond acceptors (Lipinski definition) is 6. The van der Waals surface area contributed by atoms with Crippen LogP contribution in [0.25, 0.3) is 16.8 Å². The molecule has 4 aromatic rings. The van der Waals surface area contributed by atoms with Crippen molar-refractivity contribution in [2.24, 2.45) is 5.73 Å². The molecule has 1 aromatic carbocycles. The summed E-state index contributed by atoms with van der Waals surface area (Å²) in [5.41, 5.74) is 6.71. The first-order valence-electron chi connectivity index (χ1n) is 9.51. The largest absolute Gasteiger partial charge is 0.464 e. The number of aromatic nitrogens is 3. The van der Waals surface area contributed by atoms with E-state index in [1.807, 2.05) is 18.2 Å². The average molecular weight is 417 g/mol. The van der Waals surface area contributed by atoms with Crippen molar-refractivity contribution in [1.29, 1.82) is 0 Å². The molecule has 2 amide bonds. The monoisotopic (exact) mass is 417 g/mol. The fourth-order valence-electron chi connectivity index (χ4n) is 3.40. The van der Waals surface area contributed by atoms with E-state index >= 15 is 0 Å². The lowest BCUT2D eigenvalue weighted by Crippen LogP contribution is -2.47. The number of pyridine rings is 1. The molecule has 4 rings (SSSR count). The number of nitrogens with two attached hydrogens (primary N) is 1. The van der Waals surface area contributed by atoms with Gasteiger partial charge in [0.1, 0.15) is 29.0 Å². The minimum absolute atomic E-state index is 0.0429. The van der Waals surface area contributed by atoms with Crippen molar-refractivity contribution >= 4 is 28.6 Å². The van der Waals surface area contributed by atoms with Crippen LogP contribution in [0, 0.1) is 6.92 Å². The second kappa shape index (κ2) is 8.23. The maximum atomic E-state index is 13.1. The Kier molecular flexibility index (Phi) is 5.31. The van der Waals surface area contributed by atoms with Crippen molar-refractivity contribution in [3.05, 3.63) is 78.2 Å². The van der Waals surface area contributed by atoms with Gasteiger partial charge in [0.2, 0.25) is 5.78 Å². The smallest absolute Gasteiger partial charge is 0.287 e. The molecule has 0 radical (unpaired) electrons. The van der Waals surface area contributed by atoms with Crippen molar-refractivity contribution in [3.8, 4) is 5.82 Å². The lowest BCUT2D eigenvalue weighted by Gasteiger charge is -2.16. The predicted molar refractivity (Wildman–Crippen MR) is 111 cm³/mol. The van der Waals surface area contributed by atoms with Crippen molar-refractivity contribution < 1.29 is 18.8 Å². The van der Waals surface area contributed by atoms with Crippen LogP contribution in [-0.4, -0.2) is 38.2 Å². The predicted octanol–water partition coefficient (Wildman–Crippen LogP) is 1.72. The molecule has 9 nitrogen and oxygen atoms in total. The van der Waals surface area contributed by atoms with Crippen LogP contribution >= 0.6 is 0 Å². The van der Waals surface area contributed by atoms with Gasteiger partial charge in [-0.1, -0.05) is 24.3 Å². The number of imidazole rings is 1. The summed E-state index contributed by atoms with van der Waals surface area (Å²) < 4.78 is 7.06. The van der Waals surface area contributed by atoms with E-state index in [-0.39, 0.29) is 12.1 Å². The van der Waals surface area contributed by atoms with Gasteiger partial charge in [-0.3, -0.25) is 19.0 Å². The molecule has 3 N–H and O–H groups in total. The Hall–Kier alpha value is -4.27. The lowest BCUT2D eigenvalue weighted by atomic mass is 10.0. The number of nitrogens with one attached hydrogen (secondary N) is 1. The van der Waals surface area contributed by atoms with E-state index in [0.29, 0.717) is 22.8 Å². The van der Waals surface area contributed by atoms with Crippen LogP contribution in [-0.2, 0) is 16.0 Å². The Morgan fingerprint density at radius 1 is 1.13 bits per heavy atom. The van der Waals surface area contributed by atoms with E-state index in [4.69, 9.17) is 10.2 Å². The van der Waals surface area contributed by atoms with Gasteiger partial charge in [-0.15, -0.1) is 0 Å². The molecule has 9 heteroatoms. The molecule has 0 aliphatic heterocycles. The zero-order valence-corrected chi connectivity index (χ0v) is 16.6. The molecule has 1 atom stereocenters. The first-order chi connectivity index (χ1) is 15.0. The highest BCUT2D eigenvalue weighted by molar-refractivity contribution is 6.38. The molecule has 0 fully saturated rings. The van der Waals surface area contributed by atoms with Gasteiger partial charge in [-0.2, -0.15) is 0 Å². The van der Waals surface area contributed by atoms with Gasteiger partial charge in [0.05, 0.1) is 12.5 Å². The minimum Gasteiger partial charge on any atom is -0.464 e. The van der Waals surface area contributed by atoms with Crippen LogP contribution in [0.3, 0.4) is 0 Å². The highest BCUT2D eigenvalue weighted by Gasteiger charge is 2.28. The number of aryl methyl sites for hydroxylation is 1. The van der Waals surface area contributed by atoms with Gasteiger partial charge >= 0.3 is 0 Å². The molecule has 0 spiro atoms. The van der Waals surface area contributed by atoms with Gasteiger partial charge in [0.15, 0.2) is 0 Å². The molecule has 0 saturated heterocycles. The van der Waals surface area contributed by atoms with Crippen LogP contribution in [0.1, 0.15) is 21.9 Å². The number of carbonyl (C=O) groups excluding carboxylic acids is 3. The maximum Gasteiger partial charge on any atom is 0.287 e. The molecule has 0 aliphatic carbocycles. The van der Waals surface area contributed by atoms with Crippen molar-refractivity contribution in [3.63, 3.8) is 0 Å². The summed E-state index contributed by atoms with van der Waals surface area (Å²) in [6.07, 6.45) is 4.53. The summed E-state index contributed by atoms with van der Waals surface area (Å²) in [5, 5.41) is 3.41. The summed E-state index contributed by atoms with van der Waals surface area (Å²) in [7, 11) is 0. The number of hydrogen-bond donors (Lipinski definition) is 2. The molecular formula is C22H19N5O4. The number of carbonyl (C=O) groups is 3. The van der Waals surface area contributed by atoms with E-state index in [1.54, 1.807) is 42.0 Å². The van der Waals surface area contributed by atoms with Gasteiger partial charge < -0.3 is 15.5 Å². The minimum atomic E-state index is -1.17. The Labute approximate surface area is 176 Å². The quantitative estimate of drug-likeness (QED) is 0.440. The zero-order chi connectivity index (χ0) is 22.0. The molecule has 0 bridgehead atoms. The zero-order valence-electron chi connectivity index (χ0n) is 16.6. The molecule has 0 saturated carbocycles. The number of amides is 2. The maximum absolute atomic E-state index is 13.1. The summed E-state index contributed by atoms with van der Waals surface area (Å²) in [6, 6.07) is 11.4. The van der Waals surface area contributed by atoms with Crippen LogP contribution in [0.5, 0.6) is 0 Å². The normalized spacial score (nSPS) is 11.9. The summed E-state index contributed by atoms with van der Waals surface area (Å²) in [5.74, 6) is -1.57. The number of nitrogens with zero attached hydrogens (tertiary/aromatic N) is 3. The third kappa shape index (κ3) is 3.93. The molecule has 0 aliphatic rings. The number of fused-ring (bicyclic) bond motifs is 1. The van der Waals surface area contributed by atoms with E-state index in [1.165, 1.54) is 12.5 Å². The van der Waals surface area contributed by atoms with E-state index in [0.717, 1.165) is 5.39 Å². The molecule has 156 valence electrons. The Morgan fingerprint density at radius 3 is 2.65 bits per heavy atom. The Balaban J connectivity index is 1.65. The number of ketones is 1. The fourth-order valence-corrected chi connectivity index (χ4v) is 3.40. The number of rotatable bonds is 7. The molecule has 1 unspecified atom stereocenters. The Morgan fingerprint density at radius 2 is 1.90 bits per heavy atom. The van der Waals surface area contributed by atoms with Crippen molar-refractivity contribution in [2.75, 3.05) is 0 Å². The van der Waals surface area contributed by atoms with Gasteiger partial charge in [-0.25, -0.2) is 9.97 Å². The summed E-state index contributed by atoms with van der Waals surface area (Å²) in [4.78, 5) is 45.6. The van der Waals surface area contributed by atoms with Gasteiger partial charge in [0.25, 0.3) is 11.8 Å². The number of Topliss-reactive ketones (excluding diaryl/α,β-unsaturated/α-hetero) is 1. The van der Waals surface area contributed by atoms with E-state index in [9.17, 15) is 14.4 Å². The van der Waals surface area contributed by atoms with E-state index in [2.05, 4.69) is 15.3 Å². The second-order valence-electron chi connectivity index (χ2n) is 6.93. The Bertz CT molecular complexity index is 1280. The second-order valence-corrected chi connectivity index (χ2v) is 6.93. The fraction of sp³-hybridized carbons (Fsp3) is 0.136. The van der Waals surface area contributed by atoms with Gasteiger partial charge in [0, 0.05) is 23.6 Å². The average Bonchev–Trinajstić information content (AvgIpc) is 3.37. The van der Waals surface area contributed by atoms with Crippen LogP contribution in [0.2, 0.25) is 0 Å². The first-order valence-corrected chi connectivity index (χ1v) is 9.51. The number of furan rings is 1. The third-order valence-corrected chi connectivity index (χ3v) is 4.90. The third-order valence-electron chi connectivity index (χ3n) is 4.90. The van der Waals surface area contributed by atoms with Crippen molar-refractivity contribution in [2.45, 2.75) is 19.4 Å². The SMILES string of the molecule is Cc1ncc(C(=O)NC(Cc2coc3ccccc23)C(=O)C(N)=O)n1-c1ccccn1. The molecule has 3 heterocycles. The number of primary amides is 1. The highest BCUT2D eigenvalue weighted by atomic mass is 16.3. The van der Waals surface area contributed by atoms with E-state index < -0.39 is 23.6 Å². The number of benzene rings is 1. The topological polar surface area (TPSA) is 133 Å². The number of para-hydroxylation sites is 1. The van der Waals surface area contributed by atoms with Crippen LogP contribution in [0.4, 0.5) is 0 Å².